The first-order valence-corrected chi connectivity index (χ1v) is 7.88. The molecule has 1 nitrogen and oxygen atoms in total. The lowest BCUT2D eigenvalue weighted by Gasteiger charge is -2.36. The van der Waals surface area contributed by atoms with Gasteiger partial charge in [0.2, 0.25) is 0 Å². The van der Waals surface area contributed by atoms with Crippen molar-refractivity contribution in [3.8, 4) is 0 Å². The van der Waals surface area contributed by atoms with E-state index in [9.17, 15) is 0 Å². The van der Waals surface area contributed by atoms with Gasteiger partial charge in [-0.2, -0.15) is 0 Å². The van der Waals surface area contributed by atoms with Crippen molar-refractivity contribution in [2.45, 2.75) is 45.1 Å². The summed E-state index contributed by atoms with van der Waals surface area (Å²) in [4.78, 5) is 1.41. The second kappa shape index (κ2) is 6.21. The Bertz CT molecular complexity index is 350. The van der Waals surface area contributed by atoms with Crippen molar-refractivity contribution in [1.82, 2.24) is 5.32 Å². The van der Waals surface area contributed by atoms with Gasteiger partial charge in [-0.05, 0) is 37.4 Å². The topological polar surface area (TPSA) is 12.0 Å². The van der Waals surface area contributed by atoms with Crippen LogP contribution in [-0.2, 0) is 0 Å². The molecule has 0 bridgehead atoms. The minimum absolute atomic E-state index is 0.498. The highest BCUT2D eigenvalue weighted by Crippen LogP contribution is 2.42. The lowest BCUT2D eigenvalue weighted by atomic mass is 9.73. The fraction of sp³-hybridized carbons (Fsp3) is 0.714. The molecule has 0 aromatic carbocycles. The maximum Gasteiger partial charge on any atom is 0.0931 e. The van der Waals surface area contributed by atoms with Gasteiger partial charge < -0.3 is 5.32 Å². The smallest absolute Gasteiger partial charge is 0.0931 e. The van der Waals surface area contributed by atoms with Crippen molar-refractivity contribution >= 4 is 22.9 Å². The van der Waals surface area contributed by atoms with Crippen molar-refractivity contribution in [2.24, 2.45) is 11.8 Å². The molecule has 1 heterocycles. The fourth-order valence-electron chi connectivity index (χ4n) is 3.24. The van der Waals surface area contributed by atoms with E-state index < -0.39 is 0 Å². The molecule has 2 rings (SSSR count). The van der Waals surface area contributed by atoms with Gasteiger partial charge in [-0.15, -0.1) is 11.3 Å². The molecule has 3 atom stereocenters. The Morgan fingerprint density at radius 1 is 1.41 bits per heavy atom. The highest BCUT2D eigenvalue weighted by molar-refractivity contribution is 7.16. The van der Waals surface area contributed by atoms with Gasteiger partial charge in [0.05, 0.1) is 4.34 Å². The van der Waals surface area contributed by atoms with Gasteiger partial charge in [0.1, 0.15) is 0 Å². The van der Waals surface area contributed by atoms with E-state index in [4.69, 9.17) is 11.6 Å². The Labute approximate surface area is 114 Å². The predicted octanol–water partition coefficient (Wildman–Crippen LogP) is 4.88. The molecule has 1 aromatic rings. The third kappa shape index (κ3) is 3.04. The zero-order chi connectivity index (χ0) is 12.3. The van der Waals surface area contributed by atoms with Crippen LogP contribution in [0.4, 0.5) is 0 Å². The van der Waals surface area contributed by atoms with Crippen LogP contribution in [-0.4, -0.2) is 7.05 Å². The van der Waals surface area contributed by atoms with Gasteiger partial charge >= 0.3 is 0 Å². The molecule has 1 saturated carbocycles. The van der Waals surface area contributed by atoms with Crippen LogP contribution in [0.5, 0.6) is 0 Å². The van der Waals surface area contributed by atoms with Crippen LogP contribution in [0.3, 0.4) is 0 Å². The summed E-state index contributed by atoms with van der Waals surface area (Å²) in [6.07, 6.45) is 6.87. The second-order valence-corrected chi connectivity index (χ2v) is 6.77. The van der Waals surface area contributed by atoms with E-state index in [1.54, 1.807) is 11.3 Å². The third-order valence-electron chi connectivity index (χ3n) is 4.13. The van der Waals surface area contributed by atoms with Crippen molar-refractivity contribution in [3.63, 3.8) is 0 Å². The van der Waals surface area contributed by atoms with E-state index in [-0.39, 0.29) is 0 Å². The molecule has 1 aliphatic carbocycles. The predicted molar refractivity (Wildman–Crippen MR) is 76.9 cm³/mol. The summed E-state index contributed by atoms with van der Waals surface area (Å²) < 4.78 is 0.907. The van der Waals surface area contributed by atoms with E-state index in [1.165, 1.54) is 37.0 Å². The Kier molecular flexibility index (Phi) is 4.89. The maximum absolute atomic E-state index is 6.06. The lowest BCUT2D eigenvalue weighted by Crippen LogP contribution is -2.32. The summed E-state index contributed by atoms with van der Waals surface area (Å²) in [5, 5.41) is 3.52. The van der Waals surface area contributed by atoms with Gasteiger partial charge in [-0.3, -0.25) is 0 Å². The van der Waals surface area contributed by atoms with E-state index in [0.717, 1.165) is 16.2 Å². The van der Waals surface area contributed by atoms with E-state index in [2.05, 4.69) is 25.4 Å². The van der Waals surface area contributed by atoms with Gasteiger partial charge in [0, 0.05) is 10.9 Å². The summed E-state index contributed by atoms with van der Waals surface area (Å²) in [7, 11) is 2.08. The average molecular weight is 272 g/mol. The van der Waals surface area contributed by atoms with Crippen LogP contribution in [0.25, 0.3) is 0 Å². The molecule has 1 aliphatic rings. The minimum Gasteiger partial charge on any atom is -0.312 e. The molecule has 17 heavy (non-hydrogen) atoms. The standard InChI is InChI=1S/C14H22ClNS/c1-3-10-6-4-5-7-11(10)14(16-2)12-8-9-13(15)17-12/h8-11,14,16H,3-7H2,1-2H3. The molecule has 0 amide bonds. The minimum atomic E-state index is 0.498. The van der Waals surface area contributed by atoms with Crippen molar-refractivity contribution in [3.05, 3.63) is 21.3 Å². The quantitative estimate of drug-likeness (QED) is 0.823. The molecule has 3 heteroatoms. The first-order valence-electron chi connectivity index (χ1n) is 6.68. The number of rotatable bonds is 4. The maximum atomic E-state index is 6.06. The highest BCUT2D eigenvalue weighted by atomic mass is 35.5. The van der Waals surface area contributed by atoms with Crippen LogP contribution in [0, 0.1) is 11.8 Å². The molecule has 0 radical (unpaired) electrons. The SMILES string of the molecule is CCC1CCCCC1C(NC)c1ccc(Cl)s1. The first-order chi connectivity index (χ1) is 8.26. The molecular formula is C14H22ClNS. The van der Waals surface area contributed by atoms with E-state index >= 15 is 0 Å². The summed E-state index contributed by atoms with van der Waals surface area (Å²) >= 11 is 7.79. The Morgan fingerprint density at radius 3 is 2.76 bits per heavy atom. The molecule has 1 fully saturated rings. The van der Waals surface area contributed by atoms with Gasteiger partial charge in [-0.1, -0.05) is 44.2 Å². The summed E-state index contributed by atoms with van der Waals surface area (Å²) in [6.45, 7) is 2.33. The number of hydrogen-bond acceptors (Lipinski definition) is 2. The summed E-state index contributed by atoms with van der Waals surface area (Å²) in [6, 6.07) is 4.71. The van der Waals surface area contributed by atoms with Crippen LogP contribution in [0.2, 0.25) is 4.34 Å². The highest BCUT2D eigenvalue weighted by Gasteiger charge is 2.31. The number of thiophene rings is 1. The molecule has 0 saturated heterocycles. The number of nitrogens with one attached hydrogen (secondary N) is 1. The molecule has 1 aromatic heterocycles. The van der Waals surface area contributed by atoms with Crippen LogP contribution in [0.1, 0.15) is 49.9 Å². The lowest BCUT2D eigenvalue weighted by molar-refractivity contribution is 0.182. The molecular weight excluding hydrogens is 250 g/mol. The van der Waals surface area contributed by atoms with Crippen molar-refractivity contribution in [2.75, 3.05) is 7.05 Å². The molecule has 0 spiro atoms. The molecule has 96 valence electrons. The first kappa shape index (κ1) is 13.4. The Balaban J connectivity index is 2.16. The van der Waals surface area contributed by atoms with Gasteiger partial charge in [0.25, 0.3) is 0 Å². The number of hydrogen-bond donors (Lipinski definition) is 1. The van der Waals surface area contributed by atoms with Gasteiger partial charge in [0.15, 0.2) is 0 Å². The monoisotopic (exact) mass is 271 g/mol. The third-order valence-corrected chi connectivity index (χ3v) is 5.45. The van der Waals surface area contributed by atoms with Gasteiger partial charge in [-0.25, -0.2) is 0 Å². The molecule has 3 unspecified atom stereocenters. The Hall–Kier alpha value is -0.0500. The van der Waals surface area contributed by atoms with E-state index in [1.807, 2.05) is 6.07 Å². The van der Waals surface area contributed by atoms with Crippen LogP contribution >= 0.6 is 22.9 Å². The van der Waals surface area contributed by atoms with Crippen molar-refractivity contribution < 1.29 is 0 Å². The van der Waals surface area contributed by atoms with Crippen LogP contribution < -0.4 is 5.32 Å². The average Bonchev–Trinajstić information content (AvgIpc) is 2.77. The summed E-state index contributed by atoms with van der Waals surface area (Å²) in [5.41, 5.74) is 0. The fourth-order valence-corrected chi connectivity index (χ4v) is 4.49. The molecule has 1 N–H and O–H groups in total. The van der Waals surface area contributed by atoms with E-state index in [0.29, 0.717) is 6.04 Å². The Morgan fingerprint density at radius 2 is 2.18 bits per heavy atom. The normalized spacial score (nSPS) is 27.0. The largest absolute Gasteiger partial charge is 0.312 e. The summed E-state index contributed by atoms with van der Waals surface area (Å²) in [5.74, 6) is 1.66. The zero-order valence-corrected chi connectivity index (χ0v) is 12.3. The number of halogens is 1. The van der Waals surface area contributed by atoms with Crippen molar-refractivity contribution in [1.29, 1.82) is 0 Å². The second-order valence-electron chi connectivity index (χ2n) is 5.02. The zero-order valence-electron chi connectivity index (χ0n) is 10.7. The van der Waals surface area contributed by atoms with Crippen LogP contribution in [0.15, 0.2) is 12.1 Å². The molecule has 0 aliphatic heterocycles.